The second-order valence-electron chi connectivity index (χ2n) is 7.95. The van der Waals surface area contributed by atoms with Crippen molar-refractivity contribution in [1.82, 2.24) is 9.97 Å². The zero-order valence-corrected chi connectivity index (χ0v) is 19.4. The highest BCUT2D eigenvalue weighted by molar-refractivity contribution is 7.22. The Bertz CT molecular complexity index is 1190. The van der Waals surface area contributed by atoms with Crippen LogP contribution in [0.2, 0.25) is 0 Å². The van der Waals surface area contributed by atoms with Crippen LogP contribution in [0.3, 0.4) is 0 Å². The van der Waals surface area contributed by atoms with Crippen molar-refractivity contribution >= 4 is 32.6 Å². The molecule has 2 aromatic carbocycles. The van der Waals surface area contributed by atoms with Crippen molar-refractivity contribution in [2.75, 3.05) is 11.5 Å². The van der Waals surface area contributed by atoms with E-state index in [1.54, 1.807) is 17.3 Å². The molecule has 0 atom stereocenters. The van der Waals surface area contributed by atoms with E-state index in [1.807, 2.05) is 49.4 Å². The Morgan fingerprint density at radius 2 is 1.88 bits per heavy atom. The molecular weight excluding hydrogens is 418 g/mol. The number of hydrogen-bond donors (Lipinski definition) is 0. The van der Waals surface area contributed by atoms with Crippen LogP contribution in [0.15, 0.2) is 67.0 Å². The number of carbonyl (C=O) groups is 1. The average Bonchev–Trinajstić information content (AvgIpc) is 3.23. The highest BCUT2D eigenvalue weighted by atomic mass is 32.1. The molecule has 2 aromatic heterocycles. The minimum Gasteiger partial charge on any atom is -0.492 e. The number of aromatic nitrogens is 2. The molecule has 164 valence electrons. The molecule has 4 rings (SSSR count). The van der Waals surface area contributed by atoms with Gasteiger partial charge in [0.1, 0.15) is 11.3 Å². The molecule has 0 saturated heterocycles. The van der Waals surface area contributed by atoms with Crippen LogP contribution in [-0.2, 0) is 17.8 Å². The van der Waals surface area contributed by atoms with Crippen LogP contribution >= 0.6 is 11.3 Å². The second kappa shape index (κ2) is 9.92. The number of thiazole rings is 1. The molecule has 0 aliphatic rings. The Hall–Kier alpha value is -3.25. The molecule has 0 bridgehead atoms. The van der Waals surface area contributed by atoms with Crippen LogP contribution in [-0.4, -0.2) is 22.5 Å². The largest absolute Gasteiger partial charge is 0.492 e. The third kappa shape index (κ3) is 4.97. The van der Waals surface area contributed by atoms with Crippen LogP contribution in [0.1, 0.15) is 43.4 Å². The minimum absolute atomic E-state index is 0.00293. The molecule has 5 nitrogen and oxygen atoms in total. The first kappa shape index (κ1) is 22.0. The van der Waals surface area contributed by atoms with E-state index in [9.17, 15) is 4.79 Å². The van der Waals surface area contributed by atoms with Crippen molar-refractivity contribution in [3.05, 3.63) is 83.7 Å². The van der Waals surface area contributed by atoms with Gasteiger partial charge in [0, 0.05) is 12.4 Å². The van der Waals surface area contributed by atoms with Gasteiger partial charge < -0.3 is 4.74 Å². The summed E-state index contributed by atoms with van der Waals surface area (Å²) in [5.41, 5.74) is 4.01. The Kier molecular flexibility index (Phi) is 6.81. The van der Waals surface area contributed by atoms with E-state index in [-0.39, 0.29) is 5.91 Å². The molecule has 0 aliphatic heterocycles. The number of carbonyl (C=O) groups excluding carboxylic acids is 1. The molecule has 6 heteroatoms. The van der Waals surface area contributed by atoms with Crippen molar-refractivity contribution in [3.8, 4) is 5.75 Å². The fourth-order valence-corrected chi connectivity index (χ4v) is 4.53. The summed E-state index contributed by atoms with van der Waals surface area (Å²) in [5.74, 6) is 1.21. The zero-order valence-electron chi connectivity index (χ0n) is 18.6. The smallest absolute Gasteiger partial charge is 0.233 e. The predicted molar refractivity (Wildman–Crippen MR) is 130 cm³/mol. The van der Waals surface area contributed by atoms with Gasteiger partial charge in [0.2, 0.25) is 5.91 Å². The Labute approximate surface area is 192 Å². The summed E-state index contributed by atoms with van der Waals surface area (Å²) in [5, 5.41) is 0.666. The van der Waals surface area contributed by atoms with E-state index in [0.717, 1.165) is 27.1 Å². The van der Waals surface area contributed by atoms with Gasteiger partial charge in [0.05, 0.1) is 24.3 Å². The lowest BCUT2D eigenvalue weighted by Gasteiger charge is -2.20. The van der Waals surface area contributed by atoms with Gasteiger partial charge in [-0.25, -0.2) is 4.98 Å². The number of pyridine rings is 1. The Morgan fingerprint density at radius 3 is 2.56 bits per heavy atom. The first-order valence-corrected chi connectivity index (χ1v) is 11.7. The molecule has 2 heterocycles. The van der Waals surface area contributed by atoms with E-state index in [0.29, 0.717) is 30.6 Å². The summed E-state index contributed by atoms with van der Waals surface area (Å²) >= 11 is 1.50. The van der Waals surface area contributed by atoms with Gasteiger partial charge >= 0.3 is 0 Å². The second-order valence-corrected chi connectivity index (χ2v) is 8.96. The first-order valence-electron chi connectivity index (χ1n) is 10.9. The molecule has 0 saturated carbocycles. The van der Waals surface area contributed by atoms with E-state index in [2.05, 4.69) is 31.0 Å². The minimum atomic E-state index is 0.00293. The van der Waals surface area contributed by atoms with Crippen molar-refractivity contribution < 1.29 is 9.53 Å². The van der Waals surface area contributed by atoms with E-state index in [1.165, 1.54) is 16.9 Å². The molecule has 0 unspecified atom stereocenters. The molecule has 4 aromatic rings. The molecule has 32 heavy (non-hydrogen) atoms. The van der Waals surface area contributed by atoms with Gasteiger partial charge in [-0.05, 0) is 47.7 Å². The van der Waals surface area contributed by atoms with Gasteiger partial charge in [0.15, 0.2) is 5.13 Å². The zero-order chi connectivity index (χ0) is 22.5. The number of rotatable bonds is 8. The van der Waals surface area contributed by atoms with Crippen LogP contribution in [0.5, 0.6) is 5.75 Å². The normalized spacial score (nSPS) is 11.1. The number of ether oxygens (including phenoxy) is 1. The van der Waals surface area contributed by atoms with E-state index < -0.39 is 0 Å². The fourth-order valence-electron chi connectivity index (χ4n) is 3.53. The van der Waals surface area contributed by atoms with Crippen molar-refractivity contribution in [2.24, 2.45) is 0 Å². The van der Waals surface area contributed by atoms with Gasteiger partial charge in [-0.3, -0.25) is 14.7 Å². The van der Waals surface area contributed by atoms with Crippen molar-refractivity contribution in [3.63, 3.8) is 0 Å². The van der Waals surface area contributed by atoms with Crippen LogP contribution < -0.4 is 9.64 Å². The summed E-state index contributed by atoms with van der Waals surface area (Å²) in [7, 11) is 0. The van der Waals surface area contributed by atoms with Gasteiger partial charge in [-0.2, -0.15) is 0 Å². The number of nitrogens with zero attached hydrogens (tertiary/aromatic N) is 3. The molecular formula is C26H27N3O2S. The number of fused-ring (bicyclic) bond motifs is 1. The maximum atomic E-state index is 13.5. The lowest BCUT2D eigenvalue weighted by Crippen LogP contribution is -2.31. The standard InChI is InChI=1S/C26H27N3O2S/c1-4-31-22-8-5-9-23-25(22)28-26(32-23)29(17-20-7-6-14-27-16-20)24(30)15-19-10-12-21(13-11-19)18(2)3/h5-14,16,18H,4,15,17H2,1-3H3. The van der Waals surface area contributed by atoms with Gasteiger partial charge in [0.25, 0.3) is 0 Å². The number of hydrogen-bond acceptors (Lipinski definition) is 5. The lowest BCUT2D eigenvalue weighted by molar-refractivity contribution is -0.118. The quantitative estimate of drug-likeness (QED) is 0.334. The van der Waals surface area contributed by atoms with Crippen LogP contribution in [0.4, 0.5) is 5.13 Å². The first-order chi connectivity index (χ1) is 15.5. The molecule has 1 amide bonds. The van der Waals surface area contributed by atoms with Crippen molar-refractivity contribution in [1.29, 1.82) is 0 Å². The highest BCUT2D eigenvalue weighted by Crippen LogP contribution is 2.35. The summed E-state index contributed by atoms with van der Waals surface area (Å²) < 4.78 is 6.74. The average molecular weight is 446 g/mol. The third-order valence-corrected chi connectivity index (χ3v) is 6.31. The lowest BCUT2D eigenvalue weighted by atomic mass is 10.0. The Morgan fingerprint density at radius 1 is 1.06 bits per heavy atom. The van der Waals surface area contributed by atoms with Crippen LogP contribution in [0.25, 0.3) is 10.2 Å². The summed E-state index contributed by atoms with van der Waals surface area (Å²) in [6, 6.07) is 18.0. The van der Waals surface area contributed by atoms with Crippen LogP contribution in [0, 0.1) is 0 Å². The van der Waals surface area contributed by atoms with E-state index >= 15 is 0 Å². The maximum Gasteiger partial charge on any atom is 0.233 e. The molecule has 0 fully saturated rings. The SMILES string of the molecule is CCOc1cccc2sc(N(Cc3cccnc3)C(=O)Cc3ccc(C(C)C)cc3)nc12. The summed E-state index contributed by atoms with van der Waals surface area (Å²) in [4.78, 5) is 24.2. The Balaban J connectivity index is 1.66. The molecule has 0 spiro atoms. The topological polar surface area (TPSA) is 55.3 Å². The summed E-state index contributed by atoms with van der Waals surface area (Å²) in [6.45, 7) is 7.27. The number of anilines is 1. The number of benzene rings is 2. The maximum absolute atomic E-state index is 13.5. The van der Waals surface area contributed by atoms with Gasteiger partial charge in [-0.15, -0.1) is 0 Å². The highest BCUT2D eigenvalue weighted by Gasteiger charge is 2.22. The predicted octanol–water partition coefficient (Wildman–Crippen LogP) is 5.99. The number of amides is 1. The molecule has 0 aliphatic carbocycles. The molecule has 0 N–H and O–H groups in total. The third-order valence-electron chi connectivity index (χ3n) is 5.27. The van der Waals surface area contributed by atoms with E-state index in [4.69, 9.17) is 9.72 Å². The monoisotopic (exact) mass is 445 g/mol. The summed E-state index contributed by atoms with van der Waals surface area (Å²) in [6.07, 6.45) is 3.83. The van der Waals surface area contributed by atoms with Crippen molar-refractivity contribution in [2.45, 2.75) is 39.7 Å². The van der Waals surface area contributed by atoms with Gasteiger partial charge in [-0.1, -0.05) is 61.6 Å². The number of para-hydroxylation sites is 1. The molecule has 0 radical (unpaired) electrons. The fraction of sp³-hybridized carbons (Fsp3) is 0.269.